The summed E-state index contributed by atoms with van der Waals surface area (Å²) in [5.41, 5.74) is 2.13. The molecule has 2 heterocycles. The van der Waals surface area contributed by atoms with Gasteiger partial charge in [-0.25, -0.2) is 4.79 Å². The van der Waals surface area contributed by atoms with Crippen molar-refractivity contribution >= 4 is 28.7 Å². The first kappa shape index (κ1) is 15.5. The summed E-state index contributed by atoms with van der Waals surface area (Å²) in [5.74, 6) is 0.326. The maximum atomic E-state index is 12.0. The van der Waals surface area contributed by atoms with Gasteiger partial charge in [-0.3, -0.25) is 19.7 Å². The maximum Gasteiger partial charge on any atom is 0.329 e. The fraction of sp³-hybridized carbons (Fsp3) is 0.438. The zero-order valence-corrected chi connectivity index (χ0v) is 13.1. The quantitative estimate of drug-likeness (QED) is 0.815. The average Bonchev–Trinajstić information content (AvgIpc) is 2.84. The smallest absolute Gasteiger partial charge is 0.329 e. The number of hydrogen-bond donors (Lipinski definition) is 2. The van der Waals surface area contributed by atoms with Gasteiger partial charge in [0.25, 0.3) is 0 Å². The number of carbonyl (C=O) groups is 2. The molecular weight excluding hydrogens is 296 g/mol. The number of aryl methyl sites for hydroxylation is 2. The van der Waals surface area contributed by atoms with Gasteiger partial charge in [0.15, 0.2) is 5.82 Å². The Kier molecular flexibility index (Phi) is 4.29. The van der Waals surface area contributed by atoms with Gasteiger partial charge in [0.2, 0.25) is 5.91 Å². The minimum Gasteiger partial charge on any atom is -0.396 e. The molecule has 0 atom stereocenters. The van der Waals surface area contributed by atoms with E-state index in [1.54, 1.807) is 4.68 Å². The van der Waals surface area contributed by atoms with Gasteiger partial charge in [-0.15, -0.1) is 0 Å². The molecule has 0 saturated carbocycles. The summed E-state index contributed by atoms with van der Waals surface area (Å²) in [6.07, 6.45) is 2.90. The molecule has 0 spiro atoms. The van der Waals surface area contributed by atoms with E-state index in [0.29, 0.717) is 12.4 Å². The van der Waals surface area contributed by atoms with Crippen molar-refractivity contribution in [2.45, 2.75) is 25.7 Å². The summed E-state index contributed by atoms with van der Waals surface area (Å²) >= 11 is 0. The number of nitrogens with zero attached hydrogens (tertiary/aromatic N) is 3. The number of anilines is 1. The van der Waals surface area contributed by atoms with Crippen molar-refractivity contribution in [1.82, 2.24) is 15.1 Å². The van der Waals surface area contributed by atoms with E-state index >= 15 is 0 Å². The van der Waals surface area contributed by atoms with Crippen molar-refractivity contribution in [3.63, 3.8) is 0 Å². The molecule has 7 nitrogen and oxygen atoms in total. The highest BCUT2D eigenvalue weighted by Gasteiger charge is 2.27. The highest BCUT2D eigenvalue weighted by molar-refractivity contribution is 6.08. The topological polar surface area (TPSA) is 87.5 Å². The number of benzene rings is 1. The Balaban J connectivity index is 1.90. The summed E-state index contributed by atoms with van der Waals surface area (Å²) in [5, 5.41) is 16.5. The number of aliphatic hydroxyl groups excluding tert-OH is 1. The predicted molar refractivity (Wildman–Crippen MR) is 86.2 cm³/mol. The Bertz CT molecular complexity index is 753. The average molecular weight is 316 g/mol. The van der Waals surface area contributed by atoms with Crippen molar-refractivity contribution < 1.29 is 14.7 Å². The van der Waals surface area contributed by atoms with Gasteiger partial charge in [0.05, 0.1) is 5.52 Å². The highest BCUT2D eigenvalue weighted by Crippen LogP contribution is 2.28. The van der Waals surface area contributed by atoms with Crippen LogP contribution in [-0.2, 0) is 18.3 Å². The lowest BCUT2D eigenvalue weighted by Crippen LogP contribution is -2.49. The van der Waals surface area contributed by atoms with Crippen molar-refractivity contribution in [2.75, 3.05) is 18.1 Å². The largest absolute Gasteiger partial charge is 0.396 e. The van der Waals surface area contributed by atoms with Crippen LogP contribution in [-0.4, -0.2) is 40.0 Å². The SMILES string of the molecule is Cn1nc(N2CCC(=O)NC2=O)c2ccc(CCCCO)cc21. The molecule has 23 heavy (non-hydrogen) atoms. The molecule has 1 aromatic carbocycles. The number of aromatic nitrogens is 2. The second-order valence-electron chi connectivity index (χ2n) is 5.73. The Hall–Kier alpha value is -2.41. The number of carbonyl (C=O) groups excluding carboxylic acids is 2. The highest BCUT2D eigenvalue weighted by atomic mass is 16.3. The Morgan fingerprint density at radius 1 is 1.30 bits per heavy atom. The zero-order valence-electron chi connectivity index (χ0n) is 13.1. The molecule has 1 aliphatic rings. The molecule has 122 valence electrons. The summed E-state index contributed by atoms with van der Waals surface area (Å²) in [4.78, 5) is 24.8. The molecular formula is C16H20N4O3. The number of urea groups is 1. The fourth-order valence-electron chi connectivity index (χ4n) is 2.85. The van der Waals surface area contributed by atoms with Crippen LogP contribution in [0.5, 0.6) is 0 Å². The summed E-state index contributed by atoms with van der Waals surface area (Å²) in [7, 11) is 1.84. The van der Waals surface area contributed by atoms with Gasteiger partial charge in [0, 0.05) is 32.0 Å². The summed E-state index contributed by atoms with van der Waals surface area (Å²) in [6.45, 7) is 0.552. The molecule has 7 heteroatoms. The molecule has 3 rings (SSSR count). The van der Waals surface area contributed by atoms with Crippen molar-refractivity contribution in [3.8, 4) is 0 Å². The van der Waals surface area contributed by atoms with Gasteiger partial charge in [0.1, 0.15) is 0 Å². The number of rotatable bonds is 5. The van der Waals surface area contributed by atoms with Crippen LogP contribution in [0.4, 0.5) is 10.6 Å². The van der Waals surface area contributed by atoms with Gasteiger partial charge in [-0.2, -0.15) is 5.10 Å². The predicted octanol–water partition coefficient (Wildman–Crippen LogP) is 1.33. The summed E-state index contributed by atoms with van der Waals surface area (Å²) in [6, 6.07) is 5.64. The standard InChI is InChI=1S/C16H20N4O3/c1-19-13-10-11(4-2-3-9-21)5-6-12(13)15(18-19)20-8-7-14(22)17-16(20)23/h5-6,10,21H,2-4,7-9H2,1H3,(H,17,22,23). The van der Waals surface area contributed by atoms with Gasteiger partial charge < -0.3 is 5.11 Å². The molecule has 0 unspecified atom stereocenters. The van der Waals surface area contributed by atoms with Crippen LogP contribution < -0.4 is 10.2 Å². The maximum absolute atomic E-state index is 12.0. The van der Waals surface area contributed by atoms with Crippen LogP contribution in [0.3, 0.4) is 0 Å². The monoisotopic (exact) mass is 316 g/mol. The third kappa shape index (κ3) is 3.05. The van der Waals surface area contributed by atoms with Gasteiger partial charge in [-0.1, -0.05) is 6.07 Å². The van der Waals surface area contributed by atoms with Crippen molar-refractivity contribution in [1.29, 1.82) is 0 Å². The fourth-order valence-corrected chi connectivity index (χ4v) is 2.85. The number of nitrogens with one attached hydrogen (secondary N) is 1. The van der Waals surface area contributed by atoms with Crippen LogP contribution in [0.2, 0.25) is 0 Å². The Morgan fingerprint density at radius 2 is 2.13 bits per heavy atom. The Morgan fingerprint density at radius 3 is 2.87 bits per heavy atom. The zero-order chi connectivity index (χ0) is 16.4. The van der Waals surface area contributed by atoms with E-state index in [-0.39, 0.29) is 18.9 Å². The molecule has 1 fully saturated rings. The van der Waals surface area contributed by atoms with Crippen LogP contribution in [0.15, 0.2) is 18.2 Å². The van der Waals surface area contributed by atoms with Crippen LogP contribution in [0.25, 0.3) is 10.9 Å². The van der Waals surface area contributed by atoms with E-state index in [9.17, 15) is 9.59 Å². The molecule has 1 saturated heterocycles. The molecule has 2 N–H and O–H groups in total. The molecule has 0 radical (unpaired) electrons. The van der Waals surface area contributed by atoms with Gasteiger partial charge in [-0.05, 0) is 37.0 Å². The minimum absolute atomic E-state index is 0.209. The number of amides is 3. The number of fused-ring (bicyclic) bond motifs is 1. The van der Waals surface area contributed by atoms with E-state index in [0.717, 1.165) is 30.2 Å². The molecule has 1 aliphatic heterocycles. The van der Waals surface area contributed by atoms with Gasteiger partial charge >= 0.3 is 6.03 Å². The second-order valence-corrected chi connectivity index (χ2v) is 5.73. The Labute approximate surface area is 133 Å². The summed E-state index contributed by atoms with van der Waals surface area (Å²) < 4.78 is 1.75. The molecule has 1 aromatic heterocycles. The lowest BCUT2D eigenvalue weighted by atomic mass is 10.1. The molecule has 3 amide bonds. The number of unbranched alkanes of at least 4 members (excludes halogenated alkanes) is 1. The van der Waals surface area contributed by atoms with Crippen LogP contribution in [0.1, 0.15) is 24.8 Å². The van der Waals surface area contributed by atoms with Crippen LogP contribution in [0, 0.1) is 0 Å². The van der Waals surface area contributed by atoms with E-state index in [1.807, 2.05) is 19.2 Å². The minimum atomic E-state index is -0.423. The molecule has 0 bridgehead atoms. The second kappa shape index (κ2) is 6.37. The lowest BCUT2D eigenvalue weighted by Gasteiger charge is -2.24. The van der Waals surface area contributed by atoms with Crippen molar-refractivity contribution in [2.24, 2.45) is 7.05 Å². The number of hydrogen-bond acceptors (Lipinski definition) is 4. The number of imide groups is 1. The third-order valence-corrected chi connectivity index (χ3v) is 4.08. The third-order valence-electron chi connectivity index (χ3n) is 4.08. The first-order chi connectivity index (χ1) is 11.1. The lowest BCUT2D eigenvalue weighted by molar-refractivity contribution is -0.120. The molecule has 0 aliphatic carbocycles. The first-order valence-corrected chi connectivity index (χ1v) is 7.78. The van der Waals surface area contributed by atoms with Crippen molar-refractivity contribution in [3.05, 3.63) is 23.8 Å². The van der Waals surface area contributed by atoms with E-state index in [4.69, 9.17) is 5.11 Å². The van der Waals surface area contributed by atoms with E-state index in [2.05, 4.69) is 16.5 Å². The normalized spacial score (nSPS) is 15.3. The van der Waals surface area contributed by atoms with E-state index in [1.165, 1.54) is 10.5 Å². The first-order valence-electron chi connectivity index (χ1n) is 7.78. The van der Waals surface area contributed by atoms with E-state index < -0.39 is 6.03 Å². The molecule has 2 aromatic rings. The van der Waals surface area contributed by atoms with Crippen LogP contribution >= 0.6 is 0 Å². The number of aliphatic hydroxyl groups is 1.